The van der Waals surface area contributed by atoms with Crippen LogP contribution in [0.25, 0.3) is 0 Å². The topological polar surface area (TPSA) is 90.0 Å². The first kappa shape index (κ1) is 16.5. The van der Waals surface area contributed by atoms with Gasteiger partial charge in [0.1, 0.15) is 4.90 Å². The zero-order valence-corrected chi connectivity index (χ0v) is 13.5. The summed E-state index contributed by atoms with van der Waals surface area (Å²) < 4.78 is 36.3. The number of amides is 1. The molecule has 126 valence electrons. The number of esters is 1. The Morgan fingerprint density at radius 1 is 1.46 bits per heavy atom. The Balaban J connectivity index is 1.90. The van der Waals surface area contributed by atoms with Crippen molar-refractivity contribution in [2.45, 2.75) is 23.8 Å². The van der Waals surface area contributed by atoms with Crippen LogP contribution in [0.1, 0.15) is 33.6 Å². The van der Waals surface area contributed by atoms with Gasteiger partial charge in [-0.05, 0) is 31.0 Å². The number of carbonyl (C=O) groups is 2. The molecule has 1 saturated heterocycles. The highest BCUT2D eigenvalue weighted by atomic mass is 32.2. The predicted octanol–water partition coefficient (Wildman–Crippen LogP) is 0.800. The van der Waals surface area contributed by atoms with Crippen LogP contribution in [0.15, 0.2) is 23.1 Å². The van der Waals surface area contributed by atoms with Crippen molar-refractivity contribution < 1.29 is 27.5 Å². The lowest BCUT2D eigenvalue weighted by atomic mass is 10.1. The van der Waals surface area contributed by atoms with Crippen molar-refractivity contribution in [3.05, 3.63) is 29.3 Å². The predicted molar refractivity (Wildman–Crippen MR) is 82.8 cm³/mol. The standard InChI is InChI=1S/C16H15NO6S/c1-2-7-23-16(19)11-5-6-13-14(9-11)24(20,21)17(15(13)18)10-12-4-3-8-22-12/h1,5-6,9,12H,3-4,7-8,10H2. The van der Waals surface area contributed by atoms with Gasteiger partial charge >= 0.3 is 5.97 Å². The quantitative estimate of drug-likeness (QED) is 0.590. The van der Waals surface area contributed by atoms with E-state index in [1.54, 1.807) is 0 Å². The number of sulfonamides is 1. The molecule has 0 N–H and O–H groups in total. The summed E-state index contributed by atoms with van der Waals surface area (Å²) in [7, 11) is -4.00. The van der Waals surface area contributed by atoms with Crippen LogP contribution < -0.4 is 0 Å². The van der Waals surface area contributed by atoms with Gasteiger partial charge in [0.05, 0.1) is 23.8 Å². The summed E-state index contributed by atoms with van der Waals surface area (Å²) in [6.07, 6.45) is 6.27. The lowest BCUT2D eigenvalue weighted by Crippen LogP contribution is -2.36. The Hall–Kier alpha value is -2.37. The number of hydrogen-bond acceptors (Lipinski definition) is 6. The molecule has 3 rings (SSSR count). The van der Waals surface area contributed by atoms with Gasteiger partial charge in [-0.15, -0.1) is 6.42 Å². The Bertz CT molecular complexity index is 833. The molecule has 2 aliphatic heterocycles. The van der Waals surface area contributed by atoms with Gasteiger partial charge < -0.3 is 9.47 Å². The second-order valence-electron chi connectivity index (χ2n) is 5.47. The number of carbonyl (C=O) groups excluding carboxylic acids is 2. The average molecular weight is 349 g/mol. The van der Waals surface area contributed by atoms with E-state index in [0.29, 0.717) is 13.0 Å². The van der Waals surface area contributed by atoms with Crippen molar-refractivity contribution >= 4 is 21.9 Å². The van der Waals surface area contributed by atoms with Gasteiger partial charge in [0.15, 0.2) is 6.61 Å². The molecule has 0 spiro atoms. The monoisotopic (exact) mass is 349 g/mol. The summed E-state index contributed by atoms with van der Waals surface area (Å²) in [5.41, 5.74) is 0.0702. The van der Waals surface area contributed by atoms with E-state index in [0.717, 1.165) is 16.8 Å². The zero-order chi connectivity index (χ0) is 17.3. The fourth-order valence-electron chi connectivity index (χ4n) is 2.75. The Labute approximate surface area is 139 Å². The smallest absolute Gasteiger partial charge is 0.339 e. The average Bonchev–Trinajstić information content (AvgIpc) is 3.14. The number of terminal acetylenes is 1. The number of hydrogen-bond donors (Lipinski definition) is 0. The summed E-state index contributed by atoms with van der Waals surface area (Å²) in [6.45, 7) is 0.324. The van der Waals surface area contributed by atoms with E-state index < -0.39 is 21.9 Å². The first-order valence-corrected chi connectivity index (χ1v) is 8.82. The molecule has 0 aliphatic carbocycles. The summed E-state index contributed by atoms with van der Waals surface area (Å²) >= 11 is 0. The first-order chi connectivity index (χ1) is 11.4. The van der Waals surface area contributed by atoms with E-state index >= 15 is 0 Å². The molecule has 0 aromatic heterocycles. The van der Waals surface area contributed by atoms with Gasteiger partial charge in [-0.25, -0.2) is 17.5 Å². The minimum Gasteiger partial charge on any atom is -0.449 e. The highest BCUT2D eigenvalue weighted by Gasteiger charge is 2.43. The van der Waals surface area contributed by atoms with Crippen molar-refractivity contribution in [1.82, 2.24) is 4.31 Å². The lowest BCUT2D eigenvalue weighted by Gasteiger charge is -2.18. The number of fused-ring (bicyclic) bond motifs is 1. The van der Waals surface area contributed by atoms with Gasteiger partial charge in [0, 0.05) is 6.61 Å². The second-order valence-corrected chi connectivity index (χ2v) is 7.30. The highest BCUT2D eigenvalue weighted by Crippen LogP contribution is 2.32. The fourth-order valence-corrected chi connectivity index (χ4v) is 4.37. The third kappa shape index (κ3) is 2.77. The van der Waals surface area contributed by atoms with Crippen LogP contribution in [0.5, 0.6) is 0 Å². The number of nitrogens with zero attached hydrogens (tertiary/aromatic N) is 1. The Morgan fingerprint density at radius 3 is 2.92 bits per heavy atom. The molecule has 24 heavy (non-hydrogen) atoms. The molecule has 0 radical (unpaired) electrons. The zero-order valence-electron chi connectivity index (χ0n) is 12.7. The van der Waals surface area contributed by atoms with Crippen LogP contribution >= 0.6 is 0 Å². The van der Waals surface area contributed by atoms with Crippen LogP contribution in [0.3, 0.4) is 0 Å². The molecule has 7 nitrogen and oxygen atoms in total. The molecule has 1 aromatic rings. The first-order valence-electron chi connectivity index (χ1n) is 7.38. The van der Waals surface area contributed by atoms with Crippen molar-refractivity contribution in [3.63, 3.8) is 0 Å². The maximum Gasteiger partial charge on any atom is 0.339 e. The lowest BCUT2D eigenvalue weighted by molar-refractivity contribution is 0.0556. The maximum atomic E-state index is 12.6. The number of ether oxygens (including phenoxy) is 2. The fraction of sp³-hybridized carbons (Fsp3) is 0.375. The summed E-state index contributed by atoms with van der Waals surface area (Å²) in [5, 5.41) is 0. The highest BCUT2D eigenvalue weighted by molar-refractivity contribution is 7.90. The molecule has 8 heteroatoms. The van der Waals surface area contributed by atoms with Crippen molar-refractivity contribution in [2.75, 3.05) is 19.8 Å². The second kappa shape index (κ2) is 6.26. The molecule has 1 atom stereocenters. The molecule has 1 unspecified atom stereocenters. The van der Waals surface area contributed by atoms with E-state index in [1.165, 1.54) is 12.1 Å². The minimum absolute atomic E-state index is 0.0211. The largest absolute Gasteiger partial charge is 0.449 e. The maximum absolute atomic E-state index is 12.6. The molecule has 2 aliphatic rings. The van der Waals surface area contributed by atoms with E-state index in [-0.39, 0.29) is 35.3 Å². The van der Waals surface area contributed by atoms with Gasteiger partial charge in [0.2, 0.25) is 0 Å². The molecule has 0 saturated carbocycles. The van der Waals surface area contributed by atoms with Crippen molar-refractivity contribution in [3.8, 4) is 12.3 Å². The van der Waals surface area contributed by atoms with Crippen LogP contribution in [-0.2, 0) is 19.5 Å². The van der Waals surface area contributed by atoms with Crippen LogP contribution in [0.2, 0.25) is 0 Å². The van der Waals surface area contributed by atoms with Gasteiger partial charge in [-0.2, -0.15) is 0 Å². The molecular weight excluding hydrogens is 334 g/mol. The third-order valence-corrected chi connectivity index (χ3v) is 5.71. The van der Waals surface area contributed by atoms with Gasteiger partial charge in [-0.3, -0.25) is 4.79 Å². The molecule has 1 aromatic carbocycles. The van der Waals surface area contributed by atoms with Crippen molar-refractivity contribution in [2.24, 2.45) is 0 Å². The number of benzene rings is 1. The van der Waals surface area contributed by atoms with Crippen LogP contribution in [-0.4, -0.2) is 50.5 Å². The van der Waals surface area contributed by atoms with Crippen LogP contribution in [0, 0.1) is 12.3 Å². The molecular formula is C16H15NO6S. The Morgan fingerprint density at radius 2 is 2.25 bits per heavy atom. The number of rotatable bonds is 4. The Kier molecular flexibility index (Phi) is 4.30. The normalized spacial score (nSPS) is 21.4. The van der Waals surface area contributed by atoms with Crippen molar-refractivity contribution in [1.29, 1.82) is 0 Å². The summed E-state index contributed by atoms with van der Waals surface area (Å²) in [5.74, 6) is 0.807. The van der Waals surface area contributed by atoms with E-state index in [4.69, 9.17) is 15.9 Å². The third-order valence-electron chi connectivity index (χ3n) is 3.92. The summed E-state index contributed by atoms with van der Waals surface area (Å²) in [4.78, 5) is 24.0. The molecule has 1 amide bonds. The van der Waals surface area contributed by atoms with E-state index in [1.807, 2.05) is 0 Å². The van der Waals surface area contributed by atoms with E-state index in [9.17, 15) is 18.0 Å². The molecule has 2 heterocycles. The minimum atomic E-state index is -4.00. The molecule has 0 bridgehead atoms. The molecule has 1 fully saturated rings. The summed E-state index contributed by atoms with van der Waals surface area (Å²) in [6, 6.07) is 3.81. The van der Waals surface area contributed by atoms with Gasteiger partial charge in [0.25, 0.3) is 15.9 Å². The van der Waals surface area contributed by atoms with Crippen LogP contribution in [0.4, 0.5) is 0 Å². The van der Waals surface area contributed by atoms with E-state index in [2.05, 4.69) is 5.92 Å². The van der Waals surface area contributed by atoms with Gasteiger partial charge in [-0.1, -0.05) is 5.92 Å². The SMILES string of the molecule is C#CCOC(=O)c1ccc2c(c1)S(=O)(=O)N(CC1CCCO1)C2=O.